The largest absolute Gasteiger partial charge is 0.374 e. The Morgan fingerprint density at radius 2 is 2.25 bits per heavy atom. The van der Waals surface area contributed by atoms with Gasteiger partial charge in [-0.1, -0.05) is 13.0 Å². The average molecular weight is 273 g/mol. The van der Waals surface area contributed by atoms with E-state index in [2.05, 4.69) is 46.9 Å². The molecule has 1 aromatic heterocycles. The number of fused-ring (bicyclic) bond motifs is 1. The van der Waals surface area contributed by atoms with Crippen molar-refractivity contribution in [3.8, 4) is 0 Å². The van der Waals surface area contributed by atoms with Crippen molar-refractivity contribution in [3.05, 3.63) is 36.0 Å². The minimum atomic E-state index is 0.286. The van der Waals surface area contributed by atoms with Crippen LogP contribution in [0.5, 0.6) is 0 Å². The Morgan fingerprint density at radius 3 is 3.05 bits per heavy atom. The first-order chi connectivity index (χ1) is 9.80. The molecule has 0 bridgehead atoms. The van der Waals surface area contributed by atoms with E-state index in [4.69, 9.17) is 10.5 Å². The Morgan fingerprint density at radius 1 is 1.35 bits per heavy atom. The van der Waals surface area contributed by atoms with Crippen LogP contribution >= 0.6 is 0 Å². The third-order valence-corrected chi connectivity index (χ3v) is 4.14. The van der Waals surface area contributed by atoms with Gasteiger partial charge in [-0.25, -0.2) is 0 Å². The molecule has 0 spiro atoms. The summed E-state index contributed by atoms with van der Waals surface area (Å²) in [6.45, 7) is 7.75. The summed E-state index contributed by atoms with van der Waals surface area (Å²) >= 11 is 0. The van der Waals surface area contributed by atoms with E-state index in [0.29, 0.717) is 6.54 Å². The molecular formula is C16H23N3O. The molecular weight excluding hydrogens is 250 g/mol. The van der Waals surface area contributed by atoms with Gasteiger partial charge >= 0.3 is 0 Å². The number of ether oxygens (including phenoxy) is 1. The molecule has 1 unspecified atom stereocenters. The molecule has 1 saturated heterocycles. The maximum atomic E-state index is 5.89. The summed E-state index contributed by atoms with van der Waals surface area (Å²) in [6, 6.07) is 8.61. The molecule has 1 aliphatic rings. The summed E-state index contributed by atoms with van der Waals surface area (Å²) in [5.74, 6) is 0. The highest BCUT2D eigenvalue weighted by atomic mass is 16.5. The number of morpholine rings is 1. The van der Waals surface area contributed by atoms with Crippen LogP contribution in [0.25, 0.3) is 10.9 Å². The van der Waals surface area contributed by atoms with Gasteiger partial charge in [-0.3, -0.25) is 4.90 Å². The second-order valence-electron chi connectivity index (χ2n) is 5.45. The lowest BCUT2D eigenvalue weighted by atomic mass is 10.1. The molecule has 1 fully saturated rings. The van der Waals surface area contributed by atoms with E-state index >= 15 is 0 Å². The molecule has 0 aliphatic carbocycles. The van der Waals surface area contributed by atoms with Gasteiger partial charge in [0.1, 0.15) is 0 Å². The van der Waals surface area contributed by atoms with Crippen molar-refractivity contribution in [1.29, 1.82) is 0 Å². The zero-order valence-corrected chi connectivity index (χ0v) is 12.1. The van der Waals surface area contributed by atoms with E-state index in [1.807, 2.05) is 0 Å². The second-order valence-corrected chi connectivity index (χ2v) is 5.45. The van der Waals surface area contributed by atoms with Crippen molar-refractivity contribution >= 4 is 10.9 Å². The summed E-state index contributed by atoms with van der Waals surface area (Å²) < 4.78 is 8.19. The number of likely N-dealkylation sites (N-methyl/N-ethyl adjacent to an activating group) is 1. The number of hydrogen-bond donors (Lipinski definition) is 1. The van der Waals surface area contributed by atoms with Gasteiger partial charge < -0.3 is 15.0 Å². The number of rotatable bonds is 4. The van der Waals surface area contributed by atoms with E-state index in [9.17, 15) is 0 Å². The molecule has 3 rings (SSSR count). The van der Waals surface area contributed by atoms with Gasteiger partial charge in [0, 0.05) is 31.3 Å². The summed E-state index contributed by atoms with van der Waals surface area (Å²) in [4.78, 5) is 2.45. The number of hydrogen-bond acceptors (Lipinski definition) is 3. The number of nitrogens with zero attached hydrogens (tertiary/aromatic N) is 2. The minimum absolute atomic E-state index is 0.286. The number of benzene rings is 1. The van der Waals surface area contributed by atoms with Crippen LogP contribution in [0.4, 0.5) is 0 Å². The van der Waals surface area contributed by atoms with Crippen LogP contribution in [0.2, 0.25) is 0 Å². The van der Waals surface area contributed by atoms with Crippen LogP contribution in [0.1, 0.15) is 12.5 Å². The van der Waals surface area contributed by atoms with Crippen molar-refractivity contribution in [2.45, 2.75) is 26.1 Å². The molecule has 0 amide bonds. The molecule has 20 heavy (non-hydrogen) atoms. The molecule has 2 N–H and O–H groups in total. The molecule has 108 valence electrons. The lowest BCUT2D eigenvalue weighted by molar-refractivity contribution is -0.0337. The number of nitrogens with two attached hydrogens (primary N) is 1. The highest BCUT2D eigenvalue weighted by Gasteiger charge is 2.19. The Bertz CT molecular complexity index is 578. The Balaban J connectivity index is 1.77. The van der Waals surface area contributed by atoms with Crippen LogP contribution in [-0.4, -0.2) is 41.8 Å². The van der Waals surface area contributed by atoms with E-state index in [1.165, 1.54) is 16.5 Å². The third kappa shape index (κ3) is 2.73. The predicted molar refractivity (Wildman–Crippen MR) is 81.7 cm³/mol. The maximum Gasteiger partial charge on any atom is 0.0881 e. The molecule has 0 radical (unpaired) electrons. The zero-order valence-electron chi connectivity index (χ0n) is 12.1. The standard InChI is InChI=1S/C16H23N3O/c1-2-18-7-8-20-15(11-18)12-19-6-5-14-9-13(10-17)3-4-16(14)19/h3-6,9,15H,2,7-8,10-12,17H2,1H3. The monoisotopic (exact) mass is 273 g/mol. The van der Waals surface area contributed by atoms with Gasteiger partial charge in [0.2, 0.25) is 0 Å². The lowest BCUT2D eigenvalue weighted by Gasteiger charge is -2.32. The molecule has 4 nitrogen and oxygen atoms in total. The highest BCUT2D eigenvalue weighted by molar-refractivity contribution is 5.80. The topological polar surface area (TPSA) is 43.4 Å². The Hall–Kier alpha value is -1.36. The SMILES string of the molecule is CCN1CCOC(Cn2ccc3cc(CN)ccc32)C1. The summed E-state index contributed by atoms with van der Waals surface area (Å²) in [5, 5.41) is 1.26. The fourth-order valence-electron chi connectivity index (χ4n) is 2.93. The molecule has 0 saturated carbocycles. The van der Waals surface area contributed by atoms with E-state index in [1.54, 1.807) is 0 Å². The smallest absolute Gasteiger partial charge is 0.0881 e. The molecule has 1 atom stereocenters. The van der Waals surface area contributed by atoms with Crippen molar-refractivity contribution < 1.29 is 4.74 Å². The quantitative estimate of drug-likeness (QED) is 0.924. The van der Waals surface area contributed by atoms with Crippen molar-refractivity contribution in [1.82, 2.24) is 9.47 Å². The normalized spacial score (nSPS) is 20.6. The van der Waals surface area contributed by atoms with Gasteiger partial charge in [0.15, 0.2) is 0 Å². The summed E-state index contributed by atoms with van der Waals surface area (Å²) in [7, 11) is 0. The van der Waals surface area contributed by atoms with Gasteiger partial charge in [-0.15, -0.1) is 0 Å². The van der Waals surface area contributed by atoms with Gasteiger partial charge in [0.25, 0.3) is 0 Å². The Kier molecular flexibility index (Phi) is 4.05. The van der Waals surface area contributed by atoms with Gasteiger partial charge in [0.05, 0.1) is 19.3 Å². The maximum absolute atomic E-state index is 5.89. The van der Waals surface area contributed by atoms with Crippen LogP contribution in [0, 0.1) is 0 Å². The summed E-state index contributed by atoms with van der Waals surface area (Å²) in [5.41, 5.74) is 8.14. The second kappa shape index (κ2) is 5.95. The van der Waals surface area contributed by atoms with Gasteiger partial charge in [-0.2, -0.15) is 0 Å². The molecule has 1 aliphatic heterocycles. The average Bonchev–Trinajstić information content (AvgIpc) is 2.89. The fourth-order valence-corrected chi connectivity index (χ4v) is 2.93. The van der Waals surface area contributed by atoms with Gasteiger partial charge in [-0.05, 0) is 35.7 Å². The molecule has 2 heterocycles. The third-order valence-electron chi connectivity index (χ3n) is 4.14. The van der Waals surface area contributed by atoms with E-state index in [-0.39, 0.29) is 6.10 Å². The van der Waals surface area contributed by atoms with Crippen molar-refractivity contribution in [2.24, 2.45) is 5.73 Å². The Labute approximate surface area is 120 Å². The predicted octanol–water partition coefficient (Wildman–Crippen LogP) is 1.82. The first kappa shape index (κ1) is 13.6. The summed E-state index contributed by atoms with van der Waals surface area (Å²) in [6.07, 6.45) is 2.44. The minimum Gasteiger partial charge on any atom is -0.374 e. The fraction of sp³-hybridized carbons (Fsp3) is 0.500. The van der Waals surface area contributed by atoms with Crippen LogP contribution in [-0.2, 0) is 17.8 Å². The van der Waals surface area contributed by atoms with Crippen molar-refractivity contribution in [3.63, 3.8) is 0 Å². The molecule has 2 aromatic rings. The van der Waals surface area contributed by atoms with Crippen LogP contribution < -0.4 is 5.73 Å². The lowest BCUT2D eigenvalue weighted by Crippen LogP contribution is -2.43. The first-order valence-corrected chi connectivity index (χ1v) is 7.42. The molecule has 4 heteroatoms. The highest BCUT2D eigenvalue weighted by Crippen LogP contribution is 2.19. The first-order valence-electron chi connectivity index (χ1n) is 7.42. The van der Waals surface area contributed by atoms with E-state index in [0.717, 1.165) is 32.8 Å². The van der Waals surface area contributed by atoms with Crippen molar-refractivity contribution in [2.75, 3.05) is 26.2 Å². The zero-order chi connectivity index (χ0) is 13.9. The number of aromatic nitrogens is 1. The van der Waals surface area contributed by atoms with Crippen LogP contribution in [0.15, 0.2) is 30.5 Å². The van der Waals surface area contributed by atoms with Crippen LogP contribution in [0.3, 0.4) is 0 Å². The molecule has 1 aromatic carbocycles. The van der Waals surface area contributed by atoms with E-state index < -0.39 is 0 Å².